The molecule has 0 saturated carbocycles. The molecular formula is C18H15BrN2O4S. The molecule has 2 aromatic carbocycles. The molecule has 0 bridgehead atoms. The number of rotatable bonds is 4. The molecule has 26 heavy (non-hydrogen) atoms. The minimum atomic E-state index is -0.277. The highest BCUT2D eigenvalue weighted by Crippen LogP contribution is 2.37. The third-order valence-corrected chi connectivity index (χ3v) is 4.90. The van der Waals surface area contributed by atoms with Crippen molar-refractivity contribution in [3.8, 4) is 17.2 Å². The number of thioether (sulfide) groups is 1. The number of ether oxygens (including phenoxy) is 2. The summed E-state index contributed by atoms with van der Waals surface area (Å²) in [7, 11) is 3.06. The summed E-state index contributed by atoms with van der Waals surface area (Å²) in [6.07, 6.45) is 1.60. The van der Waals surface area contributed by atoms with Gasteiger partial charge >= 0.3 is 0 Å². The average molecular weight is 435 g/mol. The summed E-state index contributed by atoms with van der Waals surface area (Å²) < 4.78 is 11.0. The van der Waals surface area contributed by atoms with Crippen LogP contribution in [-0.4, -0.2) is 30.4 Å². The molecule has 1 fully saturated rings. The summed E-state index contributed by atoms with van der Waals surface area (Å²) in [5.74, 6) is 0.747. The van der Waals surface area contributed by atoms with E-state index >= 15 is 0 Å². The van der Waals surface area contributed by atoms with Gasteiger partial charge in [0, 0.05) is 10.0 Å². The number of phenols is 1. The molecule has 0 aromatic heterocycles. The fourth-order valence-electron chi connectivity index (χ4n) is 2.26. The maximum Gasteiger partial charge on any atom is 0.264 e. The molecule has 2 N–H and O–H groups in total. The molecule has 0 unspecified atom stereocenters. The third kappa shape index (κ3) is 4.03. The molecule has 2 aromatic rings. The molecule has 1 heterocycles. The Kier molecular flexibility index (Phi) is 5.53. The number of hydrogen-bond donors (Lipinski definition) is 2. The first-order valence-electron chi connectivity index (χ1n) is 7.50. The Morgan fingerprint density at radius 2 is 1.92 bits per heavy atom. The first-order valence-corrected chi connectivity index (χ1v) is 9.11. The minimum absolute atomic E-state index is 0.0304. The van der Waals surface area contributed by atoms with Crippen molar-refractivity contribution in [3.05, 3.63) is 51.3 Å². The number of nitrogens with one attached hydrogen (secondary N) is 1. The normalized spacial score (nSPS) is 16.8. The van der Waals surface area contributed by atoms with Gasteiger partial charge in [0.2, 0.25) is 0 Å². The van der Waals surface area contributed by atoms with E-state index in [2.05, 4.69) is 26.2 Å². The lowest BCUT2D eigenvalue weighted by atomic mass is 10.1. The molecule has 1 aliphatic rings. The number of phenolic OH excluding ortho intramolecular Hbond substituents is 1. The van der Waals surface area contributed by atoms with Gasteiger partial charge in [-0.15, -0.1) is 0 Å². The van der Waals surface area contributed by atoms with Gasteiger partial charge in [-0.3, -0.25) is 4.79 Å². The highest BCUT2D eigenvalue weighted by Gasteiger charge is 2.24. The summed E-state index contributed by atoms with van der Waals surface area (Å²) >= 11 is 4.56. The Hall–Kier alpha value is -2.45. The molecule has 0 spiro atoms. The van der Waals surface area contributed by atoms with Crippen LogP contribution in [0.15, 0.2) is 50.8 Å². The van der Waals surface area contributed by atoms with Gasteiger partial charge < -0.3 is 19.9 Å². The number of hydrogen-bond acceptors (Lipinski definition) is 6. The molecular weight excluding hydrogens is 420 g/mol. The van der Waals surface area contributed by atoms with Gasteiger partial charge in [-0.1, -0.05) is 15.9 Å². The van der Waals surface area contributed by atoms with E-state index in [1.807, 2.05) is 0 Å². The zero-order chi connectivity index (χ0) is 18.7. The number of carbonyl (C=O) groups excluding carboxylic acids is 1. The van der Waals surface area contributed by atoms with Crippen LogP contribution < -0.4 is 14.8 Å². The van der Waals surface area contributed by atoms with Gasteiger partial charge in [-0.25, -0.2) is 4.99 Å². The molecule has 0 radical (unpaired) electrons. The predicted octanol–water partition coefficient (Wildman–Crippen LogP) is 4.06. The van der Waals surface area contributed by atoms with E-state index in [1.165, 1.54) is 18.9 Å². The minimum Gasteiger partial charge on any atom is -0.504 e. The highest BCUT2D eigenvalue weighted by molar-refractivity contribution is 9.10. The molecule has 6 nitrogen and oxygen atoms in total. The number of amidine groups is 1. The quantitative estimate of drug-likeness (QED) is 0.709. The number of amides is 1. The van der Waals surface area contributed by atoms with E-state index in [4.69, 9.17) is 9.47 Å². The first-order chi connectivity index (χ1) is 12.5. The second-order valence-corrected chi connectivity index (χ2v) is 7.17. The number of carbonyl (C=O) groups is 1. The molecule has 1 aliphatic heterocycles. The summed E-state index contributed by atoms with van der Waals surface area (Å²) in [5, 5.41) is 13.4. The fourth-order valence-corrected chi connectivity index (χ4v) is 3.54. The highest BCUT2D eigenvalue weighted by atomic mass is 79.9. The second kappa shape index (κ2) is 7.84. The molecule has 0 aliphatic carbocycles. The monoisotopic (exact) mass is 434 g/mol. The van der Waals surface area contributed by atoms with E-state index in [-0.39, 0.29) is 11.7 Å². The lowest BCUT2D eigenvalue weighted by molar-refractivity contribution is -0.115. The van der Waals surface area contributed by atoms with Crippen LogP contribution >= 0.6 is 27.7 Å². The SMILES string of the molecule is COc1ccc(N=C2NC(=O)/C(=C/c3cc(Br)cc(OC)c3O)S2)cc1. The molecule has 1 saturated heterocycles. The van der Waals surface area contributed by atoms with Crippen LogP contribution in [0.1, 0.15) is 5.56 Å². The van der Waals surface area contributed by atoms with Crippen LogP contribution in [0.3, 0.4) is 0 Å². The van der Waals surface area contributed by atoms with Crippen molar-refractivity contribution < 1.29 is 19.4 Å². The van der Waals surface area contributed by atoms with Crippen LogP contribution in [0.2, 0.25) is 0 Å². The van der Waals surface area contributed by atoms with E-state index < -0.39 is 0 Å². The topological polar surface area (TPSA) is 80.2 Å². The molecule has 8 heteroatoms. The Labute approximate surface area is 163 Å². The van der Waals surface area contributed by atoms with E-state index in [9.17, 15) is 9.90 Å². The van der Waals surface area contributed by atoms with Gasteiger partial charge in [-0.05, 0) is 54.2 Å². The maximum absolute atomic E-state index is 12.2. The van der Waals surface area contributed by atoms with Crippen LogP contribution in [0.25, 0.3) is 6.08 Å². The largest absolute Gasteiger partial charge is 0.504 e. The van der Waals surface area contributed by atoms with Crippen molar-refractivity contribution in [1.82, 2.24) is 5.32 Å². The maximum atomic E-state index is 12.2. The van der Waals surface area contributed by atoms with Crippen LogP contribution in [-0.2, 0) is 4.79 Å². The van der Waals surface area contributed by atoms with Gasteiger partial charge in [0.25, 0.3) is 5.91 Å². The Balaban J connectivity index is 1.86. The second-order valence-electron chi connectivity index (χ2n) is 5.23. The van der Waals surface area contributed by atoms with E-state index in [1.54, 1.807) is 49.6 Å². The summed E-state index contributed by atoms with van der Waals surface area (Å²) in [5.41, 5.74) is 1.17. The first kappa shape index (κ1) is 18.3. The fraction of sp³-hybridized carbons (Fsp3) is 0.111. The Morgan fingerprint density at radius 1 is 1.19 bits per heavy atom. The number of methoxy groups -OCH3 is 2. The van der Waals surface area contributed by atoms with E-state index in [0.29, 0.717) is 27.1 Å². The molecule has 1 amide bonds. The smallest absolute Gasteiger partial charge is 0.264 e. The zero-order valence-electron chi connectivity index (χ0n) is 13.9. The number of nitrogens with zero attached hydrogens (tertiary/aromatic N) is 1. The molecule has 3 rings (SSSR count). The summed E-state index contributed by atoms with van der Waals surface area (Å²) in [6, 6.07) is 10.5. The van der Waals surface area contributed by atoms with Crippen molar-refractivity contribution >= 4 is 50.5 Å². The Bertz CT molecular complexity index is 910. The average Bonchev–Trinajstić information content (AvgIpc) is 2.97. The molecule has 134 valence electrons. The van der Waals surface area contributed by atoms with Crippen molar-refractivity contribution in [2.24, 2.45) is 4.99 Å². The third-order valence-electron chi connectivity index (χ3n) is 3.53. The summed E-state index contributed by atoms with van der Waals surface area (Å²) in [4.78, 5) is 17.0. The van der Waals surface area contributed by atoms with Gasteiger partial charge in [0.1, 0.15) is 5.75 Å². The number of aliphatic imine (C=N–C) groups is 1. The summed E-state index contributed by atoms with van der Waals surface area (Å²) in [6.45, 7) is 0. The molecule has 0 atom stereocenters. The van der Waals surface area contributed by atoms with Crippen LogP contribution in [0.4, 0.5) is 5.69 Å². The Morgan fingerprint density at radius 3 is 2.58 bits per heavy atom. The van der Waals surface area contributed by atoms with E-state index in [0.717, 1.165) is 10.2 Å². The van der Waals surface area contributed by atoms with Crippen molar-refractivity contribution in [1.29, 1.82) is 0 Å². The zero-order valence-corrected chi connectivity index (χ0v) is 16.3. The number of benzene rings is 2. The van der Waals surface area contributed by atoms with Crippen LogP contribution in [0.5, 0.6) is 17.2 Å². The van der Waals surface area contributed by atoms with Gasteiger partial charge in [-0.2, -0.15) is 0 Å². The van der Waals surface area contributed by atoms with Crippen molar-refractivity contribution in [2.75, 3.05) is 14.2 Å². The number of halogens is 1. The van der Waals surface area contributed by atoms with Crippen molar-refractivity contribution in [3.63, 3.8) is 0 Å². The van der Waals surface area contributed by atoms with Gasteiger partial charge in [0.05, 0.1) is 24.8 Å². The number of aromatic hydroxyl groups is 1. The standard InChI is InChI=1S/C18H15BrN2O4S/c1-24-13-5-3-12(4-6-13)20-18-21-17(23)15(26-18)8-10-7-11(19)9-14(25-2)16(10)22/h3-9,22H,1-2H3,(H,20,21,23)/b15-8-. The lowest BCUT2D eigenvalue weighted by Gasteiger charge is -2.07. The lowest BCUT2D eigenvalue weighted by Crippen LogP contribution is -2.19. The van der Waals surface area contributed by atoms with Gasteiger partial charge in [0.15, 0.2) is 16.7 Å². The predicted molar refractivity (Wildman–Crippen MR) is 106 cm³/mol. The van der Waals surface area contributed by atoms with Crippen LogP contribution in [0, 0.1) is 0 Å². The van der Waals surface area contributed by atoms with Crippen molar-refractivity contribution in [2.45, 2.75) is 0 Å².